The van der Waals surface area contributed by atoms with E-state index in [9.17, 15) is 14.7 Å². The third kappa shape index (κ3) is 2.48. The molecule has 1 heterocycles. The van der Waals surface area contributed by atoms with Crippen LogP contribution in [0.1, 0.15) is 37.7 Å². The maximum absolute atomic E-state index is 12.8. The van der Waals surface area contributed by atoms with Crippen LogP contribution in [0.5, 0.6) is 0 Å². The number of amides is 2. The van der Waals surface area contributed by atoms with E-state index in [1.807, 2.05) is 36.1 Å². The Morgan fingerprint density at radius 3 is 2.62 bits per heavy atom. The number of carbonyl (C=O) groups excluding carboxylic acids is 1. The van der Waals surface area contributed by atoms with Gasteiger partial charge in [-0.1, -0.05) is 18.2 Å². The van der Waals surface area contributed by atoms with Crippen molar-refractivity contribution in [3.05, 3.63) is 29.8 Å². The smallest absolute Gasteiger partial charge is 0.324 e. The van der Waals surface area contributed by atoms with Crippen LogP contribution < -0.4 is 4.90 Å². The number of hydrogen-bond acceptors (Lipinski definition) is 2. The van der Waals surface area contributed by atoms with Crippen LogP contribution in [0.2, 0.25) is 0 Å². The van der Waals surface area contributed by atoms with E-state index in [4.69, 9.17) is 0 Å². The number of aliphatic carboxylic acids is 1. The van der Waals surface area contributed by atoms with Crippen LogP contribution in [0.25, 0.3) is 0 Å². The molecule has 1 unspecified atom stereocenters. The van der Waals surface area contributed by atoms with Crippen LogP contribution in [-0.2, 0) is 4.79 Å². The lowest BCUT2D eigenvalue weighted by molar-refractivity contribution is -0.139. The van der Waals surface area contributed by atoms with E-state index in [-0.39, 0.29) is 6.03 Å². The minimum atomic E-state index is -0.816. The monoisotopic (exact) mass is 288 g/mol. The fourth-order valence-corrected chi connectivity index (χ4v) is 3.11. The van der Waals surface area contributed by atoms with Crippen molar-refractivity contribution in [1.82, 2.24) is 4.90 Å². The molecule has 1 aliphatic heterocycles. The Balaban J connectivity index is 1.92. The Morgan fingerprint density at radius 2 is 2.00 bits per heavy atom. The summed E-state index contributed by atoms with van der Waals surface area (Å²) in [7, 11) is 0. The van der Waals surface area contributed by atoms with Crippen LogP contribution in [-0.4, -0.2) is 41.1 Å². The molecule has 1 aromatic carbocycles. The van der Waals surface area contributed by atoms with Gasteiger partial charge in [-0.15, -0.1) is 0 Å². The number of urea groups is 1. The molecular weight excluding hydrogens is 268 g/mol. The van der Waals surface area contributed by atoms with Gasteiger partial charge in [0.15, 0.2) is 0 Å². The molecule has 0 radical (unpaired) electrons. The maximum Gasteiger partial charge on any atom is 0.324 e. The zero-order chi connectivity index (χ0) is 15.0. The molecule has 0 bridgehead atoms. The third-order valence-electron chi connectivity index (χ3n) is 4.35. The van der Waals surface area contributed by atoms with Crippen LogP contribution >= 0.6 is 0 Å². The number of anilines is 1. The minimum Gasteiger partial charge on any atom is -0.481 e. The second-order valence-electron chi connectivity index (χ2n) is 5.69. The first-order valence-electron chi connectivity index (χ1n) is 7.53. The van der Waals surface area contributed by atoms with Gasteiger partial charge in [0.2, 0.25) is 0 Å². The molecular formula is C16H20N2O3. The van der Waals surface area contributed by atoms with Crippen molar-refractivity contribution >= 4 is 17.7 Å². The molecule has 21 heavy (non-hydrogen) atoms. The third-order valence-corrected chi connectivity index (χ3v) is 4.35. The van der Waals surface area contributed by atoms with Gasteiger partial charge >= 0.3 is 12.0 Å². The first-order chi connectivity index (χ1) is 10.1. The summed E-state index contributed by atoms with van der Waals surface area (Å²) in [5.41, 5.74) is 1.50. The summed E-state index contributed by atoms with van der Waals surface area (Å²) in [4.78, 5) is 27.8. The second-order valence-corrected chi connectivity index (χ2v) is 5.69. The van der Waals surface area contributed by atoms with Gasteiger partial charge in [-0.05, 0) is 37.8 Å². The summed E-state index contributed by atoms with van der Waals surface area (Å²) < 4.78 is 0. The summed E-state index contributed by atoms with van der Waals surface area (Å²) in [6.07, 6.45) is 2.62. The standard InChI is InChI=1S/C16H20N2O3/c1-2-17(11-7-8-11)16(21)18-10-9-13(15(19)20)12-5-3-4-6-14(12)18/h3-6,11,13H,2,7-10H2,1H3,(H,19,20). The molecule has 1 saturated carbocycles. The minimum absolute atomic E-state index is 0.0105. The van der Waals surface area contributed by atoms with E-state index in [2.05, 4.69) is 0 Å². The number of carboxylic acid groups (broad SMARTS) is 1. The molecule has 112 valence electrons. The molecule has 0 spiro atoms. The number of benzene rings is 1. The predicted octanol–water partition coefficient (Wildman–Crippen LogP) is 2.67. The van der Waals surface area contributed by atoms with Crippen molar-refractivity contribution in [2.75, 3.05) is 18.0 Å². The van der Waals surface area contributed by atoms with Gasteiger partial charge in [0, 0.05) is 24.8 Å². The van der Waals surface area contributed by atoms with Crippen molar-refractivity contribution in [1.29, 1.82) is 0 Å². The Hall–Kier alpha value is -2.04. The molecule has 2 aliphatic rings. The number of carbonyl (C=O) groups is 2. The zero-order valence-electron chi connectivity index (χ0n) is 12.2. The lowest BCUT2D eigenvalue weighted by atomic mass is 9.90. The lowest BCUT2D eigenvalue weighted by Crippen LogP contribution is -2.47. The Labute approximate surface area is 124 Å². The second kappa shape index (κ2) is 5.39. The SMILES string of the molecule is CCN(C(=O)N1CCC(C(=O)O)c2ccccc21)C1CC1. The fourth-order valence-electron chi connectivity index (χ4n) is 3.11. The van der Waals surface area contributed by atoms with Gasteiger partial charge < -0.3 is 10.0 Å². The van der Waals surface area contributed by atoms with Crippen LogP contribution in [0.4, 0.5) is 10.5 Å². The Morgan fingerprint density at radius 1 is 1.29 bits per heavy atom. The van der Waals surface area contributed by atoms with E-state index in [1.165, 1.54) is 0 Å². The number of para-hydroxylation sites is 1. The molecule has 1 N–H and O–H groups in total. The maximum atomic E-state index is 12.8. The number of nitrogens with zero attached hydrogens (tertiary/aromatic N) is 2. The average molecular weight is 288 g/mol. The molecule has 3 rings (SSSR count). The van der Waals surface area contributed by atoms with Gasteiger partial charge in [0.05, 0.1) is 5.92 Å². The molecule has 2 amide bonds. The zero-order valence-corrected chi connectivity index (χ0v) is 12.2. The van der Waals surface area contributed by atoms with E-state index < -0.39 is 11.9 Å². The molecule has 1 aromatic rings. The topological polar surface area (TPSA) is 60.9 Å². The van der Waals surface area contributed by atoms with Crippen LogP contribution in [0.3, 0.4) is 0 Å². The van der Waals surface area contributed by atoms with Gasteiger partial charge in [-0.3, -0.25) is 9.69 Å². The molecule has 5 heteroatoms. The molecule has 1 atom stereocenters. The van der Waals surface area contributed by atoms with Crippen molar-refractivity contribution in [3.63, 3.8) is 0 Å². The van der Waals surface area contributed by atoms with Crippen molar-refractivity contribution < 1.29 is 14.7 Å². The summed E-state index contributed by atoms with van der Waals surface area (Å²) in [6.45, 7) is 3.16. The summed E-state index contributed by atoms with van der Waals surface area (Å²) >= 11 is 0. The fraction of sp³-hybridized carbons (Fsp3) is 0.500. The highest BCUT2D eigenvalue weighted by Gasteiger charge is 2.38. The predicted molar refractivity (Wildman–Crippen MR) is 79.6 cm³/mol. The highest BCUT2D eigenvalue weighted by molar-refractivity contribution is 5.95. The van der Waals surface area contributed by atoms with Crippen LogP contribution in [0.15, 0.2) is 24.3 Å². The molecule has 1 fully saturated rings. The van der Waals surface area contributed by atoms with Gasteiger partial charge in [0.1, 0.15) is 0 Å². The normalized spacial score (nSPS) is 20.8. The lowest BCUT2D eigenvalue weighted by Gasteiger charge is -2.36. The number of fused-ring (bicyclic) bond motifs is 1. The van der Waals surface area contributed by atoms with Crippen LogP contribution in [0, 0.1) is 0 Å². The number of carboxylic acids is 1. The highest BCUT2D eigenvalue weighted by atomic mass is 16.4. The average Bonchev–Trinajstić information content (AvgIpc) is 3.31. The molecule has 0 saturated heterocycles. The van der Waals surface area contributed by atoms with Gasteiger partial charge in [-0.2, -0.15) is 0 Å². The van der Waals surface area contributed by atoms with Gasteiger partial charge in [0.25, 0.3) is 0 Å². The van der Waals surface area contributed by atoms with E-state index in [0.29, 0.717) is 25.6 Å². The quantitative estimate of drug-likeness (QED) is 0.930. The Kier molecular flexibility index (Phi) is 3.57. The summed E-state index contributed by atoms with van der Waals surface area (Å²) in [6, 6.07) is 7.74. The largest absolute Gasteiger partial charge is 0.481 e. The molecule has 1 aliphatic carbocycles. The van der Waals surface area contributed by atoms with Gasteiger partial charge in [-0.25, -0.2) is 4.79 Å². The van der Waals surface area contributed by atoms with E-state index in [1.54, 1.807) is 4.90 Å². The Bertz CT molecular complexity index is 568. The van der Waals surface area contributed by atoms with E-state index >= 15 is 0 Å². The summed E-state index contributed by atoms with van der Waals surface area (Å²) in [5, 5.41) is 9.35. The number of hydrogen-bond donors (Lipinski definition) is 1. The van der Waals surface area contributed by atoms with Crippen molar-refractivity contribution in [2.24, 2.45) is 0 Å². The van der Waals surface area contributed by atoms with Crippen molar-refractivity contribution in [2.45, 2.75) is 38.1 Å². The van der Waals surface area contributed by atoms with E-state index in [0.717, 1.165) is 24.1 Å². The molecule has 0 aromatic heterocycles. The van der Waals surface area contributed by atoms with Crippen molar-refractivity contribution in [3.8, 4) is 0 Å². The number of rotatable bonds is 3. The summed E-state index contributed by atoms with van der Waals surface area (Å²) in [5.74, 6) is -1.33. The highest BCUT2D eigenvalue weighted by Crippen LogP contribution is 2.37. The molecule has 5 nitrogen and oxygen atoms in total. The first-order valence-corrected chi connectivity index (χ1v) is 7.53. The first kappa shape index (κ1) is 13.9.